The topological polar surface area (TPSA) is 82.2 Å². The fourth-order valence-corrected chi connectivity index (χ4v) is 4.61. The van der Waals surface area contributed by atoms with Crippen LogP contribution in [0.25, 0.3) is 10.9 Å². The third-order valence-corrected chi connectivity index (χ3v) is 6.51. The maximum atomic E-state index is 12.3. The van der Waals surface area contributed by atoms with Gasteiger partial charge >= 0.3 is 6.03 Å². The number of para-hydroxylation sites is 2. The smallest absolute Gasteiger partial charge is 0.319 e. The van der Waals surface area contributed by atoms with Crippen molar-refractivity contribution in [2.24, 2.45) is 5.92 Å². The second-order valence-electron chi connectivity index (χ2n) is 8.91. The summed E-state index contributed by atoms with van der Waals surface area (Å²) in [5.74, 6) is 2.05. The van der Waals surface area contributed by atoms with E-state index in [0.717, 1.165) is 48.0 Å². The van der Waals surface area contributed by atoms with Crippen molar-refractivity contribution in [3.63, 3.8) is 0 Å². The van der Waals surface area contributed by atoms with Gasteiger partial charge in [-0.3, -0.25) is 0 Å². The van der Waals surface area contributed by atoms with Gasteiger partial charge in [-0.15, -0.1) is 0 Å². The van der Waals surface area contributed by atoms with Crippen LogP contribution in [-0.4, -0.2) is 42.7 Å². The normalized spacial score (nSPS) is 18.1. The number of amides is 2. The molecule has 174 valence electrons. The molecule has 1 aliphatic carbocycles. The van der Waals surface area contributed by atoms with Gasteiger partial charge in [-0.1, -0.05) is 35.9 Å². The van der Waals surface area contributed by atoms with Gasteiger partial charge in [0.15, 0.2) is 0 Å². The van der Waals surface area contributed by atoms with Crippen LogP contribution >= 0.6 is 11.6 Å². The molecule has 1 aliphatic rings. The Kier molecular flexibility index (Phi) is 7.18. The van der Waals surface area contributed by atoms with Crippen molar-refractivity contribution >= 4 is 46.0 Å². The minimum atomic E-state index is -0.216. The number of nitrogens with one attached hydrogen (secondary N) is 3. The summed E-state index contributed by atoms with van der Waals surface area (Å²) in [4.78, 5) is 23.8. The lowest BCUT2D eigenvalue weighted by Crippen LogP contribution is -2.36. The summed E-state index contributed by atoms with van der Waals surface area (Å²) < 4.78 is 0. The molecule has 0 atom stereocenters. The Morgan fingerprint density at radius 1 is 1.06 bits per heavy atom. The number of halogens is 1. The molecule has 8 heteroatoms. The lowest BCUT2D eigenvalue weighted by molar-refractivity contribution is 0.246. The van der Waals surface area contributed by atoms with E-state index in [-0.39, 0.29) is 6.03 Å². The number of aryl methyl sites for hydroxylation is 1. The summed E-state index contributed by atoms with van der Waals surface area (Å²) in [6.45, 7) is 2.58. The van der Waals surface area contributed by atoms with Crippen LogP contribution < -0.4 is 20.9 Å². The Hall–Kier alpha value is -3.06. The van der Waals surface area contributed by atoms with Crippen LogP contribution in [-0.2, 0) is 0 Å². The number of carbonyl (C=O) groups is 1. The van der Waals surface area contributed by atoms with E-state index in [0.29, 0.717) is 35.2 Å². The molecule has 1 aromatic heterocycles. The van der Waals surface area contributed by atoms with Crippen LogP contribution in [0.15, 0.2) is 42.5 Å². The van der Waals surface area contributed by atoms with Crippen molar-refractivity contribution in [3.8, 4) is 0 Å². The second-order valence-corrected chi connectivity index (χ2v) is 9.32. The first-order valence-electron chi connectivity index (χ1n) is 11.4. The Labute approximate surface area is 199 Å². The molecular formula is C25H31ClN6O. The number of hydrogen-bond donors (Lipinski definition) is 3. The summed E-state index contributed by atoms with van der Waals surface area (Å²) >= 11 is 6.20. The summed E-state index contributed by atoms with van der Waals surface area (Å²) in [5.41, 5.74) is 2.55. The van der Waals surface area contributed by atoms with Gasteiger partial charge in [0.05, 0.1) is 16.2 Å². The summed E-state index contributed by atoms with van der Waals surface area (Å²) in [6.07, 6.45) is 4.12. The van der Waals surface area contributed by atoms with E-state index in [9.17, 15) is 4.79 Å². The maximum absolute atomic E-state index is 12.3. The molecule has 2 aromatic carbocycles. The highest BCUT2D eigenvalue weighted by atomic mass is 35.5. The Bertz CT molecular complexity index is 1110. The zero-order valence-corrected chi connectivity index (χ0v) is 20.1. The van der Waals surface area contributed by atoms with Gasteiger partial charge in [-0.05, 0) is 62.3 Å². The Balaban J connectivity index is 1.28. The number of aromatic nitrogens is 2. The molecule has 1 heterocycles. The number of anilines is 3. The minimum Gasteiger partial charge on any atom is -0.362 e. The number of fused-ring (bicyclic) bond motifs is 1. The quantitative estimate of drug-likeness (QED) is 0.450. The largest absolute Gasteiger partial charge is 0.362 e. The van der Waals surface area contributed by atoms with Crippen molar-refractivity contribution in [1.29, 1.82) is 0 Å². The van der Waals surface area contributed by atoms with Crippen molar-refractivity contribution < 1.29 is 4.79 Å². The lowest BCUT2D eigenvalue weighted by atomic mass is 9.86. The molecule has 7 nitrogen and oxygen atoms in total. The first kappa shape index (κ1) is 23.1. The molecule has 33 heavy (non-hydrogen) atoms. The number of urea groups is 1. The highest BCUT2D eigenvalue weighted by molar-refractivity contribution is 6.33. The standard InChI is InChI=1S/C25H31ClN6O/c1-16-7-6-9-20(26)22(16)30-25(33)27-15-17-11-13-18(14-12-17)28-24-29-21-10-5-4-8-19(21)23(31-24)32(2)3/h4-10,17-18H,11-15H2,1-3H3,(H2,27,30,33)(H,28,29,31)/t17-,18+. The molecule has 0 spiro atoms. The first-order valence-corrected chi connectivity index (χ1v) is 11.8. The van der Waals surface area contributed by atoms with Gasteiger partial charge in [0.2, 0.25) is 5.95 Å². The molecule has 0 aliphatic heterocycles. The highest BCUT2D eigenvalue weighted by Gasteiger charge is 2.23. The van der Waals surface area contributed by atoms with Crippen LogP contribution in [0.5, 0.6) is 0 Å². The van der Waals surface area contributed by atoms with Crippen molar-refractivity contribution in [2.75, 3.05) is 36.2 Å². The molecule has 1 fully saturated rings. The fraction of sp³-hybridized carbons (Fsp3) is 0.400. The third-order valence-electron chi connectivity index (χ3n) is 6.20. The van der Waals surface area contributed by atoms with Crippen LogP contribution in [0.4, 0.5) is 22.2 Å². The third kappa shape index (κ3) is 5.66. The fourth-order valence-electron chi connectivity index (χ4n) is 4.34. The lowest BCUT2D eigenvalue weighted by Gasteiger charge is -2.29. The van der Waals surface area contributed by atoms with Gasteiger partial charge in [-0.25, -0.2) is 9.78 Å². The molecule has 0 bridgehead atoms. The monoisotopic (exact) mass is 466 g/mol. The van der Waals surface area contributed by atoms with Crippen LogP contribution in [0, 0.1) is 12.8 Å². The van der Waals surface area contributed by atoms with E-state index in [1.807, 2.05) is 56.3 Å². The summed E-state index contributed by atoms with van der Waals surface area (Å²) in [7, 11) is 4.00. The predicted molar refractivity (Wildman–Crippen MR) is 136 cm³/mol. The zero-order chi connectivity index (χ0) is 23.4. The van der Waals surface area contributed by atoms with Gasteiger partial charge in [0, 0.05) is 32.1 Å². The van der Waals surface area contributed by atoms with Gasteiger partial charge < -0.3 is 20.9 Å². The SMILES string of the molecule is Cc1cccc(Cl)c1NC(=O)NC[C@H]1CC[C@@H](Nc2nc(N(C)C)c3ccccc3n2)CC1. The van der Waals surface area contributed by atoms with Crippen molar-refractivity contribution in [3.05, 3.63) is 53.1 Å². The number of rotatable bonds is 6. The first-order chi connectivity index (χ1) is 15.9. The number of hydrogen-bond acceptors (Lipinski definition) is 5. The summed E-state index contributed by atoms with van der Waals surface area (Å²) in [6, 6.07) is 13.8. The van der Waals surface area contributed by atoms with E-state index < -0.39 is 0 Å². The molecule has 0 saturated heterocycles. The second kappa shape index (κ2) is 10.3. The number of nitrogens with zero attached hydrogens (tertiary/aromatic N) is 3. The number of benzene rings is 2. The van der Waals surface area contributed by atoms with Crippen molar-refractivity contribution in [2.45, 2.75) is 38.6 Å². The van der Waals surface area contributed by atoms with Gasteiger partial charge in [0.1, 0.15) is 5.82 Å². The molecule has 3 N–H and O–H groups in total. The molecule has 4 rings (SSSR count). The highest BCUT2D eigenvalue weighted by Crippen LogP contribution is 2.28. The molecular weight excluding hydrogens is 436 g/mol. The van der Waals surface area contributed by atoms with E-state index in [2.05, 4.69) is 22.0 Å². The van der Waals surface area contributed by atoms with Gasteiger partial charge in [0.25, 0.3) is 0 Å². The number of carbonyl (C=O) groups excluding carboxylic acids is 1. The van der Waals surface area contributed by atoms with Crippen LogP contribution in [0.1, 0.15) is 31.2 Å². The Morgan fingerprint density at radius 2 is 1.82 bits per heavy atom. The van der Waals surface area contributed by atoms with E-state index in [1.54, 1.807) is 6.07 Å². The average Bonchev–Trinajstić information content (AvgIpc) is 2.80. The minimum absolute atomic E-state index is 0.216. The molecule has 1 saturated carbocycles. The molecule has 0 radical (unpaired) electrons. The van der Waals surface area contributed by atoms with Gasteiger partial charge in [-0.2, -0.15) is 4.98 Å². The maximum Gasteiger partial charge on any atom is 0.319 e. The Morgan fingerprint density at radius 3 is 2.55 bits per heavy atom. The zero-order valence-electron chi connectivity index (χ0n) is 19.4. The van der Waals surface area contributed by atoms with Crippen LogP contribution in [0.2, 0.25) is 5.02 Å². The molecule has 3 aromatic rings. The van der Waals surface area contributed by atoms with E-state index >= 15 is 0 Å². The van der Waals surface area contributed by atoms with Crippen molar-refractivity contribution in [1.82, 2.24) is 15.3 Å². The molecule has 0 unspecified atom stereocenters. The van der Waals surface area contributed by atoms with E-state index in [1.165, 1.54) is 0 Å². The van der Waals surface area contributed by atoms with E-state index in [4.69, 9.17) is 21.6 Å². The van der Waals surface area contributed by atoms with Crippen LogP contribution in [0.3, 0.4) is 0 Å². The summed E-state index contributed by atoms with van der Waals surface area (Å²) in [5, 5.41) is 11.0. The molecule has 2 amide bonds. The average molecular weight is 467 g/mol. The predicted octanol–water partition coefficient (Wildman–Crippen LogP) is 5.45.